The number of anilines is 1. The quantitative estimate of drug-likeness (QED) is 0.831. The van der Waals surface area contributed by atoms with Crippen LogP contribution in [0, 0.1) is 13.8 Å². The van der Waals surface area contributed by atoms with E-state index in [1.165, 1.54) is 11.1 Å². The molecule has 0 fully saturated rings. The van der Waals surface area contributed by atoms with Crippen LogP contribution in [-0.4, -0.2) is 15.2 Å². The Bertz CT molecular complexity index is 650. The monoisotopic (exact) mass is 300 g/mol. The molecule has 2 aromatic rings. The van der Waals surface area contributed by atoms with Crippen LogP contribution < -0.4 is 11.1 Å². The zero-order valence-electron chi connectivity index (χ0n) is 12.6. The molecule has 110 valence electrons. The largest absolute Gasteiger partial charge is 0.389 e. The summed E-state index contributed by atoms with van der Waals surface area (Å²) in [4.78, 5) is 0.342. The zero-order valence-corrected chi connectivity index (χ0v) is 13.4. The Morgan fingerprint density at radius 2 is 1.76 bits per heavy atom. The molecule has 21 heavy (non-hydrogen) atoms. The summed E-state index contributed by atoms with van der Waals surface area (Å²) in [5.74, 6) is 0.644. The standard InChI is InChI=1S/C16H20N4S/c1-4-12-5-7-13(8-6-12)9-18-16-14(15(17)21)10(2)11(3)19-20-16/h5-8H,4,9H2,1-3H3,(H2,17,21)(H,18,20). The molecule has 1 aromatic carbocycles. The minimum absolute atomic E-state index is 0.342. The van der Waals surface area contributed by atoms with Crippen LogP contribution in [0.2, 0.25) is 0 Å². The molecule has 1 heterocycles. The number of aryl methyl sites for hydroxylation is 2. The van der Waals surface area contributed by atoms with E-state index >= 15 is 0 Å². The molecule has 0 atom stereocenters. The Morgan fingerprint density at radius 1 is 1.14 bits per heavy atom. The van der Waals surface area contributed by atoms with Crippen molar-refractivity contribution in [3.05, 3.63) is 52.2 Å². The Hall–Kier alpha value is -2.01. The van der Waals surface area contributed by atoms with Crippen molar-refractivity contribution in [2.75, 3.05) is 5.32 Å². The molecular formula is C16H20N4S. The molecule has 0 aliphatic rings. The molecule has 3 N–H and O–H groups in total. The van der Waals surface area contributed by atoms with Gasteiger partial charge in [-0.25, -0.2) is 0 Å². The van der Waals surface area contributed by atoms with Crippen LogP contribution in [-0.2, 0) is 13.0 Å². The number of thiocarbonyl (C=S) groups is 1. The molecule has 1 aromatic heterocycles. The van der Waals surface area contributed by atoms with Crippen molar-refractivity contribution in [3.8, 4) is 0 Å². The van der Waals surface area contributed by atoms with Crippen LogP contribution in [0.4, 0.5) is 5.82 Å². The summed E-state index contributed by atoms with van der Waals surface area (Å²) in [6.45, 7) is 6.67. The number of aromatic nitrogens is 2. The van der Waals surface area contributed by atoms with E-state index in [1.54, 1.807) is 0 Å². The first-order chi connectivity index (χ1) is 10.0. The number of rotatable bonds is 5. The minimum Gasteiger partial charge on any atom is -0.389 e. The molecule has 2 rings (SSSR count). The van der Waals surface area contributed by atoms with Crippen molar-refractivity contribution in [1.82, 2.24) is 10.2 Å². The Kier molecular flexibility index (Phi) is 4.85. The molecule has 0 aliphatic heterocycles. The van der Waals surface area contributed by atoms with E-state index in [9.17, 15) is 0 Å². The maximum atomic E-state index is 5.81. The summed E-state index contributed by atoms with van der Waals surface area (Å²) in [7, 11) is 0. The van der Waals surface area contributed by atoms with Crippen molar-refractivity contribution < 1.29 is 0 Å². The second kappa shape index (κ2) is 6.63. The molecule has 0 aliphatic carbocycles. The van der Waals surface area contributed by atoms with Gasteiger partial charge in [-0.15, -0.1) is 5.10 Å². The third kappa shape index (κ3) is 3.55. The van der Waals surface area contributed by atoms with Crippen LogP contribution in [0.15, 0.2) is 24.3 Å². The zero-order chi connectivity index (χ0) is 15.4. The van der Waals surface area contributed by atoms with Gasteiger partial charge in [-0.2, -0.15) is 5.10 Å². The molecule has 4 nitrogen and oxygen atoms in total. The van der Waals surface area contributed by atoms with Crippen LogP contribution in [0.5, 0.6) is 0 Å². The predicted octanol–water partition coefficient (Wildman–Crippen LogP) is 2.90. The average molecular weight is 300 g/mol. The van der Waals surface area contributed by atoms with Gasteiger partial charge in [0, 0.05) is 6.54 Å². The van der Waals surface area contributed by atoms with Gasteiger partial charge >= 0.3 is 0 Å². The number of nitrogens with one attached hydrogen (secondary N) is 1. The molecule has 0 saturated heterocycles. The number of benzene rings is 1. The van der Waals surface area contributed by atoms with Crippen LogP contribution in [0.25, 0.3) is 0 Å². The molecule has 0 radical (unpaired) electrons. The summed E-state index contributed by atoms with van der Waals surface area (Å²) in [6.07, 6.45) is 1.04. The third-order valence-corrected chi connectivity index (χ3v) is 3.80. The fraction of sp³-hybridized carbons (Fsp3) is 0.312. The summed E-state index contributed by atoms with van der Waals surface area (Å²) in [5, 5.41) is 11.6. The highest BCUT2D eigenvalue weighted by Crippen LogP contribution is 2.19. The molecule has 0 amide bonds. The Labute approximate surface area is 130 Å². The maximum Gasteiger partial charge on any atom is 0.159 e. The lowest BCUT2D eigenvalue weighted by atomic mass is 10.1. The van der Waals surface area contributed by atoms with Gasteiger partial charge in [0.2, 0.25) is 0 Å². The third-order valence-electron chi connectivity index (χ3n) is 3.59. The first kappa shape index (κ1) is 15.4. The van der Waals surface area contributed by atoms with E-state index in [2.05, 4.69) is 46.7 Å². The second-order valence-electron chi connectivity index (χ2n) is 5.02. The topological polar surface area (TPSA) is 63.8 Å². The smallest absolute Gasteiger partial charge is 0.159 e. The van der Waals surface area contributed by atoms with Gasteiger partial charge in [0.05, 0.1) is 11.3 Å². The van der Waals surface area contributed by atoms with E-state index in [-0.39, 0.29) is 0 Å². The fourth-order valence-corrected chi connectivity index (χ4v) is 2.36. The van der Waals surface area contributed by atoms with Gasteiger partial charge < -0.3 is 11.1 Å². The first-order valence-electron chi connectivity index (χ1n) is 6.98. The lowest BCUT2D eigenvalue weighted by Gasteiger charge is -2.13. The van der Waals surface area contributed by atoms with Crippen LogP contribution in [0.3, 0.4) is 0 Å². The predicted molar refractivity (Wildman–Crippen MR) is 90.5 cm³/mol. The van der Waals surface area contributed by atoms with Gasteiger partial charge in [0.25, 0.3) is 0 Å². The normalized spacial score (nSPS) is 10.4. The molecule has 5 heteroatoms. The first-order valence-corrected chi connectivity index (χ1v) is 7.39. The van der Waals surface area contributed by atoms with Crippen molar-refractivity contribution in [3.63, 3.8) is 0 Å². The van der Waals surface area contributed by atoms with E-state index in [4.69, 9.17) is 18.0 Å². The fourth-order valence-electron chi connectivity index (χ4n) is 2.11. The van der Waals surface area contributed by atoms with E-state index in [1.807, 2.05) is 13.8 Å². The highest BCUT2D eigenvalue weighted by Gasteiger charge is 2.13. The van der Waals surface area contributed by atoms with E-state index in [0.717, 1.165) is 23.2 Å². The molecule has 0 unspecified atom stereocenters. The van der Waals surface area contributed by atoms with Gasteiger partial charge in [-0.3, -0.25) is 0 Å². The van der Waals surface area contributed by atoms with Gasteiger partial charge in [-0.1, -0.05) is 43.4 Å². The van der Waals surface area contributed by atoms with Gasteiger partial charge in [-0.05, 0) is 37.0 Å². The van der Waals surface area contributed by atoms with Gasteiger partial charge in [0.1, 0.15) is 4.99 Å². The van der Waals surface area contributed by atoms with Crippen molar-refractivity contribution in [2.24, 2.45) is 5.73 Å². The maximum absolute atomic E-state index is 5.81. The second-order valence-corrected chi connectivity index (χ2v) is 5.46. The van der Waals surface area contributed by atoms with E-state index < -0.39 is 0 Å². The van der Waals surface area contributed by atoms with Crippen molar-refractivity contribution >= 4 is 23.0 Å². The van der Waals surface area contributed by atoms with Crippen LogP contribution >= 0.6 is 12.2 Å². The summed E-state index contributed by atoms with van der Waals surface area (Å²) >= 11 is 5.13. The Balaban J connectivity index is 2.19. The lowest BCUT2D eigenvalue weighted by Crippen LogP contribution is -2.18. The number of nitrogens with two attached hydrogens (primary N) is 1. The molecular weight excluding hydrogens is 280 g/mol. The summed E-state index contributed by atoms with van der Waals surface area (Å²) in [5.41, 5.74) is 10.9. The highest BCUT2D eigenvalue weighted by molar-refractivity contribution is 7.80. The molecule has 0 spiro atoms. The minimum atomic E-state index is 0.342. The van der Waals surface area contributed by atoms with Crippen LogP contribution in [0.1, 0.15) is 34.9 Å². The van der Waals surface area contributed by atoms with Gasteiger partial charge in [0.15, 0.2) is 5.82 Å². The molecule has 0 saturated carbocycles. The SMILES string of the molecule is CCc1ccc(CNc2nnc(C)c(C)c2C(N)=S)cc1. The Morgan fingerprint density at radius 3 is 2.33 bits per heavy atom. The summed E-state index contributed by atoms with van der Waals surface area (Å²) in [6, 6.07) is 8.50. The average Bonchev–Trinajstić information content (AvgIpc) is 2.48. The molecule has 0 bridgehead atoms. The number of hydrogen-bond donors (Lipinski definition) is 2. The summed E-state index contributed by atoms with van der Waals surface area (Å²) < 4.78 is 0. The van der Waals surface area contributed by atoms with E-state index in [0.29, 0.717) is 17.4 Å². The van der Waals surface area contributed by atoms with Crippen molar-refractivity contribution in [1.29, 1.82) is 0 Å². The van der Waals surface area contributed by atoms with Crippen molar-refractivity contribution in [2.45, 2.75) is 33.7 Å². The number of hydrogen-bond acceptors (Lipinski definition) is 4. The lowest BCUT2D eigenvalue weighted by molar-refractivity contribution is 0.943. The number of nitrogens with zero attached hydrogens (tertiary/aromatic N) is 2. The highest BCUT2D eigenvalue weighted by atomic mass is 32.1.